The van der Waals surface area contributed by atoms with Crippen LogP contribution in [0.4, 0.5) is 10.1 Å². The van der Waals surface area contributed by atoms with E-state index in [4.69, 9.17) is 5.73 Å². The van der Waals surface area contributed by atoms with Crippen LogP contribution < -0.4 is 16.4 Å². The normalized spacial score (nSPS) is 12.7. The molecule has 1 atom stereocenters. The van der Waals surface area contributed by atoms with Gasteiger partial charge in [0.05, 0.1) is 5.69 Å². The van der Waals surface area contributed by atoms with Crippen molar-refractivity contribution in [2.45, 2.75) is 39.3 Å². The van der Waals surface area contributed by atoms with Crippen molar-refractivity contribution in [3.63, 3.8) is 0 Å². The summed E-state index contributed by atoms with van der Waals surface area (Å²) in [6.45, 7) is 7.12. The largest absolute Gasteiger partial charge is 0.396 e. The Labute approximate surface area is 117 Å². The lowest BCUT2D eigenvalue weighted by Gasteiger charge is -2.23. The van der Waals surface area contributed by atoms with Gasteiger partial charge in [0.25, 0.3) is 5.91 Å². The third-order valence-corrected chi connectivity index (χ3v) is 2.50. The van der Waals surface area contributed by atoms with Gasteiger partial charge in [0, 0.05) is 11.1 Å². The second-order valence-corrected chi connectivity index (χ2v) is 5.67. The quantitative estimate of drug-likeness (QED) is 0.733. The topological polar surface area (TPSA) is 84.2 Å². The Bertz CT molecular complexity index is 524. The first kappa shape index (κ1) is 15.9. The summed E-state index contributed by atoms with van der Waals surface area (Å²) in [4.78, 5) is 23.8. The van der Waals surface area contributed by atoms with Gasteiger partial charge >= 0.3 is 0 Å². The highest BCUT2D eigenvalue weighted by Crippen LogP contribution is 2.12. The lowest BCUT2D eigenvalue weighted by atomic mass is 10.1. The van der Waals surface area contributed by atoms with Gasteiger partial charge in [-0.05, 0) is 45.9 Å². The minimum atomic E-state index is -0.701. The van der Waals surface area contributed by atoms with Crippen molar-refractivity contribution in [2.75, 3.05) is 5.73 Å². The molecule has 0 aromatic heterocycles. The van der Waals surface area contributed by atoms with Crippen molar-refractivity contribution in [1.29, 1.82) is 0 Å². The van der Waals surface area contributed by atoms with Gasteiger partial charge in [-0.25, -0.2) is 4.39 Å². The van der Waals surface area contributed by atoms with E-state index in [2.05, 4.69) is 10.6 Å². The maximum absolute atomic E-state index is 13.0. The predicted octanol–water partition coefficient (Wildman–Crippen LogP) is 1.44. The molecule has 20 heavy (non-hydrogen) atoms. The van der Waals surface area contributed by atoms with Crippen LogP contribution in [-0.2, 0) is 4.79 Å². The van der Waals surface area contributed by atoms with Crippen LogP contribution in [0.1, 0.15) is 38.1 Å². The number of rotatable bonds is 3. The van der Waals surface area contributed by atoms with E-state index in [9.17, 15) is 14.0 Å². The van der Waals surface area contributed by atoms with Crippen LogP contribution in [-0.4, -0.2) is 23.4 Å². The van der Waals surface area contributed by atoms with E-state index in [0.29, 0.717) is 0 Å². The number of amides is 2. The van der Waals surface area contributed by atoms with Crippen molar-refractivity contribution in [1.82, 2.24) is 10.6 Å². The maximum Gasteiger partial charge on any atom is 0.251 e. The number of hydrogen-bond acceptors (Lipinski definition) is 3. The Morgan fingerprint density at radius 2 is 1.90 bits per heavy atom. The minimum Gasteiger partial charge on any atom is -0.396 e. The van der Waals surface area contributed by atoms with Gasteiger partial charge in [-0.1, -0.05) is 0 Å². The highest BCUT2D eigenvalue weighted by molar-refractivity contribution is 5.98. The van der Waals surface area contributed by atoms with E-state index in [0.717, 1.165) is 6.07 Å². The van der Waals surface area contributed by atoms with Gasteiger partial charge < -0.3 is 16.4 Å². The summed E-state index contributed by atoms with van der Waals surface area (Å²) in [6.07, 6.45) is 0. The fourth-order valence-corrected chi connectivity index (χ4v) is 1.51. The summed E-state index contributed by atoms with van der Waals surface area (Å²) in [5, 5.41) is 5.29. The molecule has 0 aliphatic heterocycles. The molecule has 0 saturated carbocycles. The summed E-state index contributed by atoms with van der Waals surface area (Å²) in [5.41, 5.74) is 5.12. The maximum atomic E-state index is 13.0. The van der Waals surface area contributed by atoms with E-state index in [-0.39, 0.29) is 22.7 Å². The van der Waals surface area contributed by atoms with Gasteiger partial charge in [-0.15, -0.1) is 0 Å². The van der Waals surface area contributed by atoms with Gasteiger partial charge in [0.1, 0.15) is 11.9 Å². The number of halogens is 1. The second kappa shape index (κ2) is 5.90. The summed E-state index contributed by atoms with van der Waals surface area (Å²) < 4.78 is 13.0. The Hall–Kier alpha value is -2.11. The first-order valence-electron chi connectivity index (χ1n) is 6.28. The molecule has 1 aromatic carbocycles. The number of benzene rings is 1. The fraction of sp³-hybridized carbons (Fsp3) is 0.429. The third-order valence-electron chi connectivity index (χ3n) is 2.50. The molecule has 1 rings (SSSR count). The first-order valence-corrected chi connectivity index (χ1v) is 6.28. The number of nitrogens with one attached hydrogen (secondary N) is 2. The zero-order valence-corrected chi connectivity index (χ0v) is 12.1. The Morgan fingerprint density at radius 1 is 1.30 bits per heavy atom. The monoisotopic (exact) mass is 281 g/mol. The average molecular weight is 281 g/mol. The highest BCUT2D eigenvalue weighted by Gasteiger charge is 2.21. The van der Waals surface area contributed by atoms with Gasteiger partial charge in [0.15, 0.2) is 0 Å². The smallest absolute Gasteiger partial charge is 0.251 e. The first-order chi connectivity index (χ1) is 9.10. The van der Waals surface area contributed by atoms with Crippen LogP contribution in [0.5, 0.6) is 0 Å². The van der Waals surface area contributed by atoms with E-state index in [1.165, 1.54) is 12.1 Å². The van der Waals surface area contributed by atoms with E-state index >= 15 is 0 Å². The minimum absolute atomic E-state index is 0.107. The molecule has 4 N–H and O–H groups in total. The van der Waals surface area contributed by atoms with Crippen molar-refractivity contribution in [2.24, 2.45) is 0 Å². The standard InChI is InChI=1S/C14H20FN3O2/c1-8(12(19)18-14(2,3)4)17-13(20)9-5-6-10(15)11(16)7-9/h5-8H,16H2,1-4H3,(H,17,20)(H,18,19). The molecule has 6 heteroatoms. The Kier molecular flexibility index (Phi) is 4.70. The van der Waals surface area contributed by atoms with Gasteiger partial charge in [-0.2, -0.15) is 0 Å². The van der Waals surface area contributed by atoms with Crippen LogP contribution in [0.2, 0.25) is 0 Å². The highest BCUT2D eigenvalue weighted by atomic mass is 19.1. The molecule has 0 heterocycles. The molecule has 0 saturated heterocycles. The molecule has 0 bridgehead atoms. The Morgan fingerprint density at radius 3 is 2.40 bits per heavy atom. The van der Waals surface area contributed by atoms with E-state index in [1.54, 1.807) is 6.92 Å². The summed E-state index contributed by atoms with van der Waals surface area (Å²) in [6, 6.07) is 2.96. The van der Waals surface area contributed by atoms with Crippen LogP contribution in [0.3, 0.4) is 0 Å². The molecule has 0 aliphatic carbocycles. The van der Waals surface area contributed by atoms with Crippen molar-refractivity contribution in [3.05, 3.63) is 29.6 Å². The number of nitrogens with two attached hydrogens (primary N) is 1. The zero-order chi connectivity index (χ0) is 15.5. The number of anilines is 1. The van der Waals surface area contributed by atoms with Crippen molar-refractivity contribution in [3.8, 4) is 0 Å². The molecular formula is C14H20FN3O2. The lowest BCUT2D eigenvalue weighted by molar-refractivity contribution is -0.124. The van der Waals surface area contributed by atoms with E-state index < -0.39 is 17.8 Å². The second-order valence-electron chi connectivity index (χ2n) is 5.67. The fourth-order valence-electron chi connectivity index (χ4n) is 1.51. The molecule has 0 spiro atoms. The van der Waals surface area contributed by atoms with Crippen molar-refractivity contribution >= 4 is 17.5 Å². The molecule has 5 nitrogen and oxygen atoms in total. The van der Waals surface area contributed by atoms with Crippen LogP contribution in [0, 0.1) is 5.82 Å². The van der Waals surface area contributed by atoms with Crippen molar-refractivity contribution < 1.29 is 14.0 Å². The summed E-state index contributed by atoms with van der Waals surface area (Å²) in [7, 11) is 0. The zero-order valence-electron chi connectivity index (χ0n) is 12.1. The molecule has 2 amide bonds. The summed E-state index contributed by atoms with van der Waals surface area (Å²) in [5.74, 6) is -1.35. The Balaban J connectivity index is 2.70. The molecule has 1 aromatic rings. The van der Waals surface area contributed by atoms with Gasteiger partial charge in [0.2, 0.25) is 5.91 Å². The van der Waals surface area contributed by atoms with Crippen LogP contribution in [0.25, 0.3) is 0 Å². The molecular weight excluding hydrogens is 261 g/mol. The molecule has 110 valence electrons. The molecule has 0 aliphatic rings. The predicted molar refractivity (Wildman–Crippen MR) is 75.6 cm³/mol. The molecule has 1 unspecified atom stereocenters. The molecule has 0 fully saturated rings. The lowest BCUT2D eigenvalue weighted by Crippen LogP contribution is -2.50. The van der Waals surface area contributed by atoms with Crippen LogP contribution >= 0.6 is 0 Å². The number of carbonyl (C=O) groups is 2. The van der Waals surface area contributed by atoms with E-state index in [1.807, 2.05) is 20.8 Å². The average Bonchev–Trinajstić information content (AvgIpc) is 2.30. The SMILES string of the molecule is CC(NC(=O)c1ccc(F)c(N)c1)C(=O)NC(C)(C)C. The number of carbonyl (C=O) groups excluding carboxylic acids is 2. The molecule has 0 radical (unpaired) electrons. The number of hydrogen-bond donors (Lipinski definition) is 3. The summed E-state index contributed by atoms with van der Waals surface area (Å²) >= 11 is 0. The third kappa shape index (κ3) is 4.53. The number of nitrogen functional groups attached to an aromatic ring is 1. The van der Waals surface area contributed by atoms with Gasteiger partial charge in [-0.3, -0.25) is 9.59 Å². The van der Waals surface area contributed by atoms with Crippen LogP contribution in [0.15, 0.2) is 18.2 Å².